The van der Waals surface area contributed by atoms with Crippen LogP contribution in [0.4, 0.5) is 0 Å². The Labute approximate surface area is 157 Å². The van der Waals surface area contributed by atoms with Gasteiger partial charge in [-0.1, -0.05) is 0 Å². The van der Waals surface area contributed by atoms with Crippen molar-refractivity contribution in [2.45, 2.75) is 38.3 Å². The van der Waals surface area contributed by atoms with Crippen LogP contribution in [0.2, 0.25) is 0 Å². The molecule has 0 N–H and O–H groups in total. The van der Waals surface area contributed by atoms with Gasteiger partial charge in [0.2, 0.25) is 5.91 Å². The molecule has 2 amide bonds. The van der Waals surface area contributed by atoms with Crippen molar-refractivity contribution in [2.75, 3.05) is 19.6 Å². The second kappa shape index (κ2) is 6.55. The second-order valence-electron chi connectivity index (χ2n) is 8.08. The highest BCUT2D eigenvalue weighted by atomic mass is 16.4. The maximum atomic E-state index is 13.0. The van der Waals surface area contributed by atoms with E-state index in [-0.39, 0.29) is 5.91 Å². The number of imidazole rings is 1. The van der Waals surface area contributed by atoms with E-state index in [2.05, 4.69) is 9.88 Å². The number of fused-ring (bicyclic) bond motifs is 4. The molecule has 27 heavy (non-hydrogen) atoms. The molecule has 2 aromatic rings. The number of nitrogens with zero attached hydrogens (tertiary/aromatic N) is 4. The standard InChI is InChI=1S/C20H24N4O3/c25-19-3-1-2-17-15-8-14(10-24(17)19)9-23(11-15)20(26)18-5-4-16(27-18)12-22-7-6-21-13-22/h4-7,13-15,17H,1-3,8-12H2/t14-,15-,17-/m1/s1. The minimum absolute atomic E-state index is 0.0304. The number of carbonyl (C=O) groups is 2. The largest absolute Gasteiger partial charge is 0.454 e. The highest BCUT2D eigenvalue weighted by molar-refractivity contribution is 5.91. The number of likely N-dealkylation sites (tertiary alicyclic amines) is 1. The molecule has 2 bridgehead atoms. The van der Waals surface area contributed by atoms with Crippen LogP contribution in [-0.4, -0.2) is 56.8 Å². The third kappa shape index (κ3) is 3.05. The Balaban J connectivity index is 1.29. The van der Waals surface area contributed by atoms with E-state index in [1.165, 1.54) is 0 Å². The molecule has 0 radical (unpaired) electrons. The van der Waals surface area contributed by atoms with E-state index in [0.29, 0.717) is 49.1 Å². The predicted molar refractivity (Wildman–Crippen MR) is 96.9 cm³/mol. The van der Waals surface area contributed by atoms with Crippen molar-refractivity contribution >= 4 is 11.8 Å². The third-order valence-electron chi connectivity index (χ3n) is 6.24. The number of hydrogen-bond donors (Lipinski definition) is 0. The minimum atomic E-state index is -0.0304. The molecule has 3 fully saturated rings. The normalized spacial score (nSPS) is 27.6. The summed E-state index contributed by atoms with van der Waals surface area (Å²) in [7, 11) is 0. The summed E-state index contributed by atoms with van der Waals surface area (Å²) in [6.45, 7) is 2.80. The average Bonchev–Trinajstić information content (AvgIpc) is 3.34. The smallest absolute Gasteiger partial charge is 0.289 e. The van der Waals surface area contributed by atoms with Gasteiger partial charge in [0.1, 0.15) is 5.76 Å². The Morgan fingerprint density at radius 2 is 2.19 bits per heavy atom. The van der Waals surface area contributed by atoms with Gasteiger partial charge in [0.15, 0.2) is 5.76 Å². The third-order valence-corrected chi connectivity index (χ3v) is 6.24. The summed E-state index contributed by atoms with van der Waals surface area (Å²) >= 11 is 0. The first-order chi connectivity index (χ1) is 13.2. The zero-order valence-electron chi connectivity index (χ0n) is 15.3. The van der Waals surface area contributed by atoms with Gasteiger partial charge in [-0.05, 0) is 43.2 Å². The Morgan fingerprint density at radius 1 is 1.26 bits per heavy atom. The van der Waals surface area contributed by atoms with Gasteiger partial charge in [-0.2, -0.15) is 0 Å². The van der Waals surface area contributed by atoms with Crippen LogP contribution in [0.25, 0.3) is 0 Å². The van der Waals surface area contributed by atoms with Crippen LogP contribution in [0.15, 0.2) is 35.3 Å². The molecule has 7 heteroatoms. The lowest BCUT2D eigenvalue weighted by atomic mass is 9.76. The Morgan fingerprint density at radius 3 is 3.04 bits per heavy atom. The number of amides is 2. The first-order valence-electron chi connectivity index (χ1n) is 9.80. The van der Waals surface area contributed by atoms with Crippen LogP contribution in [0, 0.1) is 11.8 Å². The number of aromatic nitrogens is 2. The van der Waals surface area contributed by atoms with Gasteiger partial charge >= 0.3 is 0 Å². The zero-order chi connectivity index (χ0) is 18.4. The molecule has 0 unspecified atom stereocenters. The molecule has 3 atom stereocenters. The fraction of sp³-hybridized carbons (Fsp3) is 0.550. The fourth-order valence-corrected chi connectivity index (χ4v) is 5.07. The molecule has 0 aromatic carbocycles. The average molecular weight is 368 g/mol. The summed E-state index contributed by atoms with van der Waals surface area (Å²) in [6.07, 6.45) is 9.18. The number of furan rings is 1. The van der Waals surface area contributed by atoms with Crippen molar-refractivity contribution in [3.63, 3.8) is 0 Å². The molecule has 7 nitrogen and oxygen atoms in total. The molecule has 3 aliphatic rings. The second-order valence-corrected chi connectivity index (χ2v) is 8.08. The van der Waals surface area contributed by atoms with Crippen molar-refractivity contribution in [3.8, 4) is 0 Å². The summed E-state index contributed by atoms with van der Waals surface area (Å²) in [5, 5.41) is 0. The summed E-state index contributed by atoms with van der Waals surface area (Å²) in [5.41, 5.74) is 0. The number of piperidine rings is 3. The lowest BCUT2D eigenvalue weighted by Gasteiger charge is -2.52. The fourth-order valence-electron chi connectivity index (χ4n) is 5.07. The molecule has 3 saturated heterocycles. The molecule has 0 aliphatic carbocycles. The summed E-state index contributed by atoms with van der Waals surface area (Å²) in [4.78, 5) is 33.3. The first-order valence-corrected chi connectivity index (χ1v) is 9.80. The Kier molecular flexibility index (Phi) is 4.02. The highest BCUT2D eigenvalue weighted by Gasteiger charge is 2.45. The summed E-state index contributed by atoms with van der Waals surface area (Å²) in [5.74, 6) is 2.20. The lowest BCUT2D eigenvalue weighted by Crippen LogP contribution is -2.61. The predicted octanol–water partition coefficient (Wildman–Crippen LogP) is 2.00. The van der Waals surface area contributed by atoms with E-state index in [0.717, 1.165) is 38.1 Å². The van der Waals surface area contributed by atoms with E-state index in [1.54, 1.807) is 18.6 Å². The number of carbonyl (C=O) groups excluding carboxylic acids is 2. The van der Waals surface area contributed by atoms with Crippen molar-refractivity contribution < 1.29 is 14.0 Å². The van der Waals surface area contributed by atoms with E-state index in [4.69, 9.17) is 4.42 Å². The SMILES string of the molecule is O=C(c1ccc(Cn2ccnc2)o1)N1C[C@H]2C[C@H](C1)[C@H]1CCCC(=O)N1C2. The maximum absolute atomic E-state index is 13.0. The van der Waals surface area contributed by atoms with E-state index < -0.39 is 0 Å². The molecule has 2 aromatic heterocycles. The van der Waals surface area contributed by atoms with Crippen LogP contribution in [0.1, 0.15) is 42.0 Å². The van der Waals surface area contributed by atoms with Gasteiger partial charge in [0.25, 0.3) is 5.91 Å². The Bertz CT molecular complexity index is 843. The molecule has 3 aliphatic heterocycles. The summed E-state index contributed by atoms with van der Waals surface area (Å²) in [6, 6.07) is 3.95. The van der Waals surface area contributed by atoms with Crippen molar-refractivity contribution in [3.05, 3.63) is 42.4 Å². The minimum Gasteiger partial charge on any atom is -0.454 e. The van der Waals surface area contributed by atoms with Crippen LogP contribution in [-0.2, 0) is 11.3 Å². The van der Waals surface area contributed by atoms with Crippen LogP contribution >= 0.6 is 0 Å². The number of rotatable bonds is 3. The molecule has 142 valence electrons. The molecular formula is C20H24N4O3. The van der Waals surface area contributed by atoms with Crippen LogP contribution in [0.5, 0.6) is 0 Å². The van der Waals surface area contributed by atoms with E-state index in [9.17, 15) is 9.59 Å². The van der Waals surface area contributed by atoms with E-state index >= 15 is 0 Å². The van der Waals surface area contributed by atoms with Gasteiger partial charge in [0, 0.05) is 44.5 Å². The van der Waals surface area contributed by atoms with Crippen molar-refractivity contribution in [1.82, 2.24) is 19.4 Å². The van der Waals surface area contributed by atoms with Gasteiger partial charge in [0.05, 0.1) is 12.9 Å². The van der Waals surface area contributed by atoms with E-state index in [1.807, 2.05) is 21.7 Å². The molecular weight excluding hydrogens is 344 g/mol. The highest BCUT2D eigenvalue weighted by Crippen LogP contribution is 2.38. The molecule has 5 heterocycles. The van der Waals surface area contributed by atoms with Gasteiger partial charge in [-0.3, -0.25) is 9.59 Å². The van der Waals surface area contributed by atoms with Gasteiger partial charge in [-0.25, -0.2) is 4.98 Å². The first kappa shape index (κ1) is 16.6. The number of hydrogen-bond acceptors (Lipinski definition) is 4. The van der Waals surface area contributed by atoms with Crippen LogP contribution in [0.3, 0.4) is 0 Å². The van der Waals surface area contributed by atoms with Crippen LogP contribution < -0.4 is 0 Å². The van der Waals surface area contributed by atoms with Crippen molar-refractivity contribution in [1.29, 1.82) is 0 Å². The topological polar surface area (TPSA) is 71.6 Å². The van der Waals surface area contributed by atoms with Gasteiger partial charge < -0.3 is 18.8 Å². The monoisotopic (exact) mass is 368 g/mol. The van der Waals surface area contributed by atoms with Gasteiger partial charge in [-0.15, -0.1) is 0 Å². The quantitative estimate of drug-likeness (QED) is 0.831. The molecule has 5 rings (SSSR count). The van der Waals surface area contributed by atoms with Crippen molar-refractivity contribution in [2.24, 2.45) is 11.8 Å². The lowest BCUT2D eigenvalue weighted by molar-refractivity contribution is -0.144. The molecule has 0 saturated carbocycles. The molecule has 0 spiro atoms. The Hall–Kier alpha value is -2.57. The zero-order valence-corrected chi connectivity index (χ0v) is 15.3. The maximum Gasteiger partial charge on any atom is 0.289 e. The summed E-state index contributed by atoms with van der Waals surface area (Å²) < 4.78 is 7.72.